The zero-order valence-electron chi connectivity index (χ0n) is 21.9. The Morgan fingerprint density at radius 2 is 1.25 bits per heavy atom. The van der Waals surface area contributed by atoms with Crippen LogP contribution >= 0.6 is 15.9 Å². The van der Waals surface area contributed by atoms with Crippen LogP contribution in [0.2, 0.25) is 0 Å². The van der Waals surface area contributed by atoms with E-state index < -0.39 is 23.3 Å². The summed E-state index contributed by atoms with van der Waals surface area (Å²) in [4.78, 5) is 29.1. The number of nitrogens with zero attached hydrogens (tertiary/aromatic N) is 1. The highest BCUT2D eigenvalue weighted by Gasteiger charge is 2.49. The van der Waals surface area contributed by atoms with Crippen LogP contribution in [-0.4, -0.2) is 33.4 Å². The largest absolute Gasteiger partial charge is 0.480 e. The Labute approximate surface area is 241 Å². The van der Waals surface area contributed by atoms with E-state index in [1.807, 2.05) is 67.6 Å². The molecular weight excluding hydrogens is 573 g/mol. The highest BCUT2D eigenvalue weighted by atomic mass is 79.9. The number of rotatable bonds is 9. The summed E-state index contributed by atoms with van der Waals surface area (Å²) in [5.74, 6) is -2.15. The highest BCUT2D eigenvalue weighted by Crippen LogP contribution is 2.43. The van der Waals surface area contributed by atoms with Gasteiger partial charge in [-0.2, -0.15) is 0 Å². The molecule has 1 saturated heterocycles. The van der Waals surface area contributed by atoms with Gasteiger partial charge in [0.25, 0.3) is 0 Å². The number of ether oxygens (including phenoxy) is 1. The number of imide groups is 1. The minimum atomic E-state index is -1.42. The molecule has 1 aliphatic rings. The third-order valence-corrected chi connectivity index (χ3v) is 7.55. The van der Waals surface area contributed by atoms with Crippen molar-refractivity contribution in [2.75, 3.05) is 6.54 Å². The number of carbonyl (C=O) groups is 2. The summed E-state index contributed by atoms with van der Waals surface area (Å²) in [6.07, 6.45) is 0.108. The van der Waals surface area contributed by atoms with Gasteiger partial charge >= 0.3 is 0 Å². The molecular formula is C33H29BrFNO4. The molecule has 1 aliphatic heterocycles. The van der Waals surface area contributed by atoms with Crippen molar-refractivity contribution < 1.29 is 23.8 Å². The van der Waals surface area contributed by atoms with E-state index in [1.165, 1.54) is 17.0 Å². The molecule has 7 heteroatoms. The third kappa shape index (κ3) is 5.58. The first-order chi connectivity index (χ1) is 19.3. The average Bonchev–Trinajstić information content (AvgIpc) is 3.22. The molecule has 5 rings (SSSR count). The Kier molecular flexibility index (Phi) is 8.14. The van der Waals surface area contributed by atoms with Crippen molar-refractivity contribution in [2.24, 2.45) is 0 Å². The first-order valence-electron chi connectivity index (χ1n) is 13.1. The maximum atomic E-state index is 13.9. The van der Waals surface area contributed by atoms with E-state index in [2.05, 4.69) is 15.9 Å². The van der Waals surface area contributed by atoms with Gasteiger partial charge in [-0.15, -0.1) is 0 Å². The van der Waals surface area contributed by atoms with Crippen molar-refractivity contribution >= 4 is 27.7 Å². The summed E-state index contributed by atoms with van der Waals surface area (Å²) < 4.78 is 19.4. The average molecular weight is 603 g/mol. The smallest absolute Gasteiger partial charge is 0.237 e. The van der Waals surface area contributed by atoms with Gasteiger partial charge < -0.3 is 9.84 Å². The molecule has 1 fully saturated rings. The molecule has 0 saturated carbocycles. The van der Waals surface area contributed by atoms with Gasteiger partial charge in [-0.25, -0.2) is 4.39 Å². The van der Waals surface area contributed by atoms with Crippen LogP contribution in [0.3, 0.4) is 0 Å². The lowest BCUT2D eigenvalue weighted by Crippen LogP contribution is -2.37. The Bertz CT molecular complexity index is 1420. The van der Waals surface area contributed by atoms with Gasteiger partial charge in [-0.3, -0.25) is 14.5 Å². The Morgan fingerprint density at radius 1 is 0.800 bits per heavy atom. The van der Waals surface area contributed by atoms with Crippen LogP contribution in [0.4, 0.5) is 4.39 Å². The molecule has 204 valence electrons. The van der Waals surface area contributed by atoms with Gasteiger partial charge in [0.05, 0.1) is 11.8 Å². The number of carbonyl (C=O) groups excluding carboxylic acids is 2. The molecule has 0 bridgehead atoms. The zero-order valence-corrected chi connectivity index (χ0v) is 23.5. The molecule has 0 aliphatic carbocycles. The molecule has 1 N–H and O–H groups in total. The molecule has 0 spiro atoms. The molecule has 1 heterocycles. The first kappa shape index (κ1) is 27.7. The van der Waals surface area contributed by atoms with E-state index in [4.69, 9.17) is 4.74 Å². The van der Waals surface area contributed by atoms with E-state index in [9.17, 15) is 19.1 Å². The van der Waals surface area contributed by atoms with Crippen molar-refractivity contribution in [2.45, 2.75) is 35.8 Å². The third-order valence-electron chi connectivity index (χ3n) is 7.36. The second-order valence-electron chi connectivity index (χ2n) is 9.91. The molecule has 5 nitrogen and oxygen atoms in total. The summed E-state index contributed by atoms with van der Waals surface area (Å²) in [7, 11) is 0. The van der Waals surface area contributed by atoms with E-state index in [1.54, 1.807) is 36.4 Å². The standard InChI is InChI=1S/C33H29BrFNO4/c1-22(34)40-28-18-14-24(15-19-28)30-29(23-12-16-27(35)17-13-23)31(37)36(32(30)38)21-20-33(39,25-8-4-2-5-9-25)26-10-6-3-7-11-26/h2-19,22,29-30,39H,20-21H2,1H3. The van der Waals surface area contributed by atoms with Crippen LogP contribution < -0.4 is 4.74 Å². The van der Waals surface area contributed by atoms with E-state index in [0.29, 0.717) is 28.0 Å². The van der Waals surface area contributed by atoms with Crippen molar-refractivity contribution in [1.29, 1.82) is 0 Å². The molecule has 4 aromatic carbocycles. The second-order valence-corrected chi connectivity index (χ2v) is 11.2. The van der Waals surface area contributed by atoms with Crippen LogP contribution in [0, 0.1) is 5.82 Å². The predicted molar refractivity (Wildman–Crippen MR) is 155 cm³/mol. The van der Waals surface area contributed by atoms with Crippen LogP contribution in [0.1, 0.15) is 47.4 Å². The van der Waals surface area contributed by atoms with Crippen LogP contribution in [0.15, 0.2) is 109 Å². The minimum absolute atomic E-state index is 0.00838. The maximum Gasteiger partial charge on any atom is 0.237 e. The fourth-order valence-electron chi connectivity index (χ4n) is 5.39. The van der Waals surface area contributed by atoms with Gasteiger partial charge in [0, 0.05) is 13.0 Å². The lowest BCUT2D eigenvalue weighted by molar-refractivity contribution is -0.139. The molecule has 3 atom stereocenters. The normalized spacial score (nSPS) is 18.1. The summed E-state index contributed by atoms with van der Waals surface area (Å²) in [5.41, 5.74) is 1.14. The lowest BCUT2D eigenvalue weighted by atomic mass is 9.83. The van der Waals surface area contributed by atoms with Gasteiger partial charge in [0.15, 0.2) is 5.01 Å². The predicted octanol–water partition coefficient (Wildman–Crippen LogP) is 6.51. The first-order valence-corrected chi connectivity index (χ1v) is 14.0. The van der Waals surface area contributed by atoms with Crippen molar-refractivity contribution in [3.05, 3.63) is 137 Å². The highest BCUT2D eigenvalue weighted by molar-refractivity contribution is 9.09. The van der Waals surface area contributed by atoms with Crippen LogP contribution in [0.5, 0.6) is 5.75 Å². The van der Waals surface area contributed by atoms with Gasteiger partial charge in [0.2, 0.25) is 11.8 Å². The number of aliphatic hydroxyl groups is 1. The van der Waals surface area contributed by atoms with Crippen LogP contribution in [0.25, 0.3) is 0 Å². The monoisotopic (exact) mass is 601 g/mol. The van der Waals surface area contributed by atoms with Crippen molar-refractivity contribution in [3.63, 3.8) is 0 Å². The quantitative estimate of drug-likeness (QED) is 0.175. The fourth-order valence-corrected chi connectivity index (χ4v) is 5.60. The summed E-state index contributed by atoms with van der Waals surface area (Å²) in [5, 5.41) is 11.8. The van der Waals surface area contributed by atoms with E-state index in [0.717, 1.165) is 0 Å². The fraction of sp³-hybridized carbons (Fsp3) is 0.212. The second kappa shape index (κ2) is 11.7. The van der Waals surface area contributed by atoms with Gasteiger partial charge in [-0.05, 0) is 69.4 Å². The number of halogens is 2. The lowest BCUT2D eigenvalue weighted by Gasteiger charge is -2.31. The summed E-state index contributed by atoms with van der Waals surface area (Å²) >= 11 is 3.36. The molecule has 4 aromatic rings. The number of benzene rings is 4. The number of hydrogen-bond donors (Lipinski definition) is 1. The van der Waals surface area contributed by atoms with Crippen LogP contribution in [-0.2, 0) is 15.2 Å². The number of amides is 2. The number of hydrogen-bond acceptors (Lipinski definition) is 4. The van der Waals surface area contributed by atoms with E-state index in [-0.39, 0.29) is 29.8 Å². The molecule has 2 amide bonds. The summed E-state index contributed by atoms with van der Waals surface area (Å²) in [6.45, 7) is 1.86. The molecule has 0 aromatic heterocycles. The Hall–Kier alpha value is -3.81. The molecule has 3 unspecified atom stereocenters. The van der Waals surface area contributed by atoms with Gasteiger partial charge in [0.1, 0.15) is 17.2 Å². The van der Waals surface area contributed by atoms with Gasteiger partial charge in [-0.1, -0.05) is 84.9 Å². The minimum Gasteiger partial charge on any atom is -0.480 e. The topological polar surface area (TPSA) is 66.8 Å². The zero-order chi connectivity index (χ0) is 28.3. The SMILES string of the molecule is CC(Br)Oc1ccc(C2C(=O)N(CCC(O)(c3ccccc3)c3ccccc3)C(=O)C2c2ccc(F)cc2)cc1. The molecule has 40 heavy (non-hydrogen) atoms. The number of likely N-dealkylation sites (tertiary alicyclic amines) is 1. The van der Waals surface area contributed by atoms with Crippen molar-refractivity contribution in [1.82, 2.24) is 4.90 Å². The van der Waals surface area contributed by atoms with E-state index >= 15 is 0 Å². The number of alkyl halides is 1. The Morgan fingerprint density at radius 3 is 1.70 bits per heavy atom. The maximum absolute atomic E-state index is 13.9. The van der Waals surface area contributed by atoms with Crippen molar-refractivity contribution in [3.8, 4) is 5.75 Å². The molecule has 0 radical (unpaired) electrons. The Balaban J connectivity index is 1.49. The summed E-state index contributed by atoms with van der Waals surface area (Å²) in [6, 6.07) is 31.3.